The first kappa shape index (κ1) is 17.6. The van der Waals surface area contributed by atoms with Gasteiger partial charge in [0, 0.05) is 27.2 Å². The van der Waals surface area contributed by atoms with Gasteiger partial charge in [-0.15, -0.1) is 0 Å². The molecule has 0 atom stereocenters. The van der Waals surface area contributed by atoms with Gasteiger partial charge in [0.1, 0.15) is 0 Å². The summed E-state index contributed by atoms with van der Waals surface area (Å²) in [4.78, 5) is 29.3. The number of amides is 1. The Morgan fingerprint density at radius 2 is 2.04 bits per heavy atom. The summed E-state index contributed by atoms with van der Waals surface area (Å²) in [7, 11) is 3.72. The van der Waals surface area contributed by atoms with Crippen LogP contribution in [0, 0.1) is 0 Å². The molecule has 0 radical (unpaired) electrons. The van der Waals surface area contributed by atoms with Gasteiger partial charge < -0.3 is 24.3 Å². The third kappa shape index (κ3) is 4.45. The summed E-state index contributed by atoms with van der Waals surface area (Å²) < 4.78 is 11.1. The lowest BCUT2D eigenvalue weighted by molar-refractivity contribution is 0.0921. The van der Waals surface area contributed by atoms with E-state index in [1.54, 1.807) is 17.0 Å². The average molecular weight is 411 g/mol. The van der Waals surface area contributed by atoms with Gasteiger partial charge >= 0.3 is 0 Å². The van der Waals surface area contributed by atoms with E-state index in [1.807, 2.05) is 19.0 Å². The zero-order valence-corrected chi connectivity index (χ0v) is 15.6. The van der Waals surface area contributed by atoms with Gasteiger partial charge in [-0.2, -0.15) is 15.0 Å². The van der Waals surface area contributed by atoms with E-state index in [0.717, 1.165) is 13.1 Å². The lowest BCUT2D eigenvalue weighted by Gasteiger charge is -2.27. The van der Waals surface area contributed by atoms with Crippen molar-refractivity contribution in [2.75, 3.05) is 50.2 Å². The van der Waals surface area contributed by atoms with Crippen LogP contribution in [0.15, 0.2) is 21.2 Å². The Morgan fingerprint density at radius 3 is 2.68 bits per heavy atom. The molecule has 0 unspecified atom stereocenters. The van der Waals surface area contributed by atoms with Gasteiger partial charge in [0.25, 0.3) is 5.91 Å². The van der Waals surface area contributed by atoms with E-state index in [0.29, 0.717) is 35.6 Å². The molecule has 0 bridgehead atoms. The molecule has 10 heteroatoms. The summed E-state index contributed by atoms with van der Waals surface area (Å²) in [6.07, 6.45) is 0. The number of nitrogens with zero attached hydrogens (tertiary/aromatic N) is 5. The predicted octanol–water partition coefficient (Wildman–Crippen LogP) is 1.06. The quantitative estimate of drug-likeness (QED) is 0.781. The van der Waals surface area contributed by atoms with Crippen LogP contribution in [0.25, 0.3) is 0 Å². The van der Waals surface area contributed by atoms with Gasteiger partial charge in [-0.25, -0.2) is 0 Å². The van der Waals surface area contributed by atoms with Crippen LogP contribution in [0.2, 0.25) is 0 Å². The summed E-state index contributed by atoms with van der Waals surface area (Å²) in [5.41, 5.74) is 0. The molecule has 134 valence electrons. The number of furan rings is 1. The van der Waals surface area contributed by atoms with Crippen molar-refractivity contribution in [3.63, 3.8) is 0 Å². The Kier molecular flexibility index (Phi) is 5.49. The van der Waals surface area contributed by atoms with Crippen molar-refractivity contribution in [2.45, 2.75) is 6.54 Å². The summed E-state index contributed by atoms with van der Waals surface area (Å²) >= 11 is 3.17. The van der Waals surface area contributed by atoms with Crippen molar-refractivity contribution >= 4 is 33.7 Å². The van der Waals surface area contributed by atoms with Crippen LogP contribution in [-0.2, 0) is 11.3 Å². The first-order valence-electron chi connectivity index (χ1n) is 7.81. The predicted molar refractivity (Wildman–Crippen MR) is 94.8 cm³/mol. The molecule has 1 fully saturated rings. The maximum Gasteiger partial charge on any atom is 0.287 e. The second kappa shape index (κ2) is 7.79. The third-order valence-corrected chi connectivity index (χ3v) is 3.98. The molecular weight excluding hydrogens is 392 g/mol. The number of rotatable bonds is 5. The highest BCUT2D eigenvalue weighted by molar-refractivity contribution is 9.10. The van der Waals surface area contributed by atoms with Gasteiger partial charge in [0.2, 0.25) is 11.9 Å². The Bertz CT molecular complexity index is 745. The molecule has 1 amide bonds. The molecule has 0 aromatic carbocycles. The number of anilines is 2. The number of ether oxygens (including phenoxy) is 1. The fraction of sp³-hybridized carbons (Fsp3) is 0.467. The Balaban J connectivity index is 1.75. The topological polar surface area (TPSA) is 96.6 Å². The van der Waals surface area contributed by atoms with Gasteiger partial charge in [-0.1, -0.05) is 0 Å². The number of nitrogens with one attached hydrogen (secondary N) is 1. The highest BCUT2D eigenvalue weighted by atomic mass is 79.9. The molecule has 1 aliphatic rings. The first-order chi connectivity index (χ1) is 12.0. The normalized spacial score (nSPS) is 14.4. The third-order valence-electron chi connectivity index (χ3n) is 3.56. The van der Waals surface area contributed by atoms with Crippen LogP contribution in [-0.4, -0.2) is 61.3 Å². The number of carbonyl (C=O) groups excluding carboxylic acids is 1. The Labute approximate surface area is 153 Å². The molecule has 9 nitrogen and oxygen atoms in total. The SMILES string of the molecule is CN(C)c1nc(CNC(=O)c2ccc(Br)o2)nc(N2CCOCC2)n1. The van der Waals surface area contributed by atoms with E-state index in [1.165, 1.54) is 0 Å². The lowest BCUT2D eigenvalue weighted by Crippen LogP contribution is -2.38. The van der Waals surface area contributed by atoms with Crippen LogP contribution in [0.1, 0.15) is 16.4 Å². The number of carbonyl (C=O) groups is 1. The number of aromatic nitrogens is 3. The number of morpholine rings is 1. The van der Waals surface area contributed by atoms with Gasteiger partial charge in [-0.05, 0) is 28.1 Å². The number of hydrogen-bond acceptors (Lipinski definition) is 8. The number of halogens is 1. The van der Waals surface area contributed by atoms with E-state index in [2.05, 4.69) is 36.2 Å². The molecule has 3 heterocycles. The zero-order valence-electron chi connectivity index (χ0n) is 14.0. The molecule has 1 N–H and O–H groups in total. The van der Waals surface area contributed by atoms with Crippen molar-refractivity contribution in [3.05, 3.63) is 28.4 Å². The largest absolute Gasteiger partial charge is 0.444 e. The van der Waals surface area contributed by atoms with Crippen molar-refractivity contribution in [2.24, 2.45) is 0 Å². The Morgan fingerprint density at radius 1 is 1.28 bits per heavy atom. The second-order valence-electron chi connectivity index (χ2n) is 5.63. The van der Waals surface area contributed by atoms with Crippen molar-refractivity contribution in [1.29, 1.82) is 0 Å². The molecule has 0 aliphatic carbocycles. The van der Waals surface area contributed by atoms with Crippen LogP contribution in [0.5, 0.6) is 0 Å². The first-order valence-corrected chi connectivity index (χ1v) is 8.61. The zero-order chi connectivity index (χ0) is 17.8. The molecular formula is C15H19BrN6O3. The van der Waals surface area contributed by atoms with E-state index in [-0.39, 0.29) is 18.2 Å². The molecule has 1 aliphatic heterocycles. The fourth-order valence-corrected chi connectivity index (χ4v) is 2.57. The molecule has 2 aromatic rings. The van der Waals surface area contributed by atoms with Crippen molar-refractivity contribution in [3.8, 4) is 0 Å². The summed E-state index contributed by atoms with van der Waals surface area (Å²) in [6.45, 7) is 2.91. The van der Waals surface area contributed by atoms with Gasteiger partial charge in [0.05, 0.1) is 19.8 Å². The lowest BCUT2D eigenvalue weighted by atomic mass is 10.4. The van der Waals surface area contributed by atoms with Gasteiger partial charge in [0.15, 0.2) is 16.3 Å². The number of hydrogen-bond donors (Lipinski definition) is 1. The highest BCUT2D eigenvalue weighted by Gasteiger charge is 2.18. The summed E-state index contributed by atoms with van der Waals surface area (Å²) in [6, 6.07) is 3.26. The van der Waals surface area contributed by atoms with E-state index < -0.39 is 0 Å². The standard InChI is InChI=1S/C15H19BrN6O3/c1-21(2)14-18-12(9-17-13(23)10-3-4-11(16)25-10)19-15(20-14)22-5-7-24-8-6-22/h3-4H,5-9H2,1-2H3,(H,17,23). The van der Waals surface area contributed by atoms with Gasteiger partial charge in [-0.3, -0.25) is 4.79 Å². The van der Waals surface area contributed by atoms with E-state index in [9.17, 15) is 4.79 Å². The molecule has 3 rings (SSSR count). The molecule has 1 saturated heterocycles. The molecule has 0 saturated carbocycles. The van der Waals surface area contributed by atoms with Crippen molar-refractivity contribution < 1.29 is 13.9 Å². The molecule has 25 heavy (non-hydrogen) atoms. The second-order valence-corrected chi connectivity index (χ2v) is 6.41. The molecule has 2 aromatic heterocycles. The van der Waals surface area contributed by atoms with Crippen LogP contribution in [0.3, 0.4) is 0 Å². The minimum Gasteiger partial charge on any atom is -0.444 e. The average Bonchev–Trinajstić information content (AvgIpc) is 3.06. The van der Waals surface area contributed by atoms with E-state index in [4.69, 9.17) is 9.15 Å². The van der Waals surface area contributed by atoms with E-state index >= 15 is 0 Å². The van der Waals surface area contributed by atoms with Crippen LogP contribution >= 0.6 is 15.9 Å². The van der Waals surface area contributed by atoms with Crippen LogP contribution in [0.4, 0.5) is 11.9 Å². The van der Waals surface area contributed by atoms with Crippen molar-refractivity contribution in [1.82, 2.24) is 20.3 Å². The smallest absolute Gasteiger partial charge is 0.287 e. The summed E-state index contributed by atoms with van der Waals surface area (Å²) in [5, 5.41) is 2.76. The maximum absolute atomic E-state index is 12.1. The fourth-order valence-electron chi connectivity index (χ4n) is 2.26. The minimum atomic E-state index is -0.328. The summed E-state index contributed by atoms with van der Waals surface area (Å²) in [5.74, 6) is 1.51. The Hall–Kier alpha value is -2.20. The molecule has 0 spiro atoms. The maximum atomic E-state index is 12.1. The van der Waals surface area contributed by atoms with Crippen LogP contribution < -0.4 is 15.1 Å². The highest BCUT2D eigenvalue weighted by Crippen LogP contribution is 2.15. The monoisotopic (exact) mass is 410 g/mol. The minimum absolute atomic E-state index is 0.178.